The van der Waals surface area contributed by atoms with Gasteiger partial charge in [-0.2, -0.15) is 0 Å². The summed E-state index contributed by atoms with van der Waals surface area (Å²) < 4.78 is 7.06. The molecular weight excluding hydrogens is 334 g/mol. The lowest BCUT2D eigenvalue weighted by Gasteiger charge is -2.43. The average Bonchev–Trinajstić information content (AvgIpc) is 3.09. The van der Waals surface area contributed by atoms with Gasteiger partial charge in [0.25, 0.3) is 8.32 Å². The summed E-state index contributed by atoms with van der Waals surface area (Å²) in [6.07, 6.45) is 2.39. The number of rotatable bonds is 5. The van der Waals surface area contributed by atoms with E-state index in [4.69, 9.17) is 10.2 Å². The van der Waals surface area contributed by atoms with E-state index in [-0.39, 0.29) is 5.04 Å². The molecule has 2 unspecified atom stereocenters. The highest BCUT2D eigenvalue weighted by atomic mass is 28.4. The summed E-state index contributed by atoms with van der Waals surface area (Å²) in [5.74, 6) is 2.34. The summed E-state index contributed by atoms with van der Waals surface area (Å²) in [5.41, 5.74) is 6.12. The van der Waals surface area contributed by atoms with Gasteiger partial charge in [-0.25, -0.2) is 0 Å². The van der Waals surface area contributed by atoms with Crippen molar-refractivity contribution in [2.24, 2.45) is 23.5 Å². The van der Waals surface area contributed by atoms with E-state index in [1.807, 2.05) is 0 Å². The van der Waals surface area contributed by atoms with Crippen LogP contribution in [0.5, 0.6) is 0 Å². The van der Waals surface area contributed by atoms with Gasteiger partial charge in [0.2, 0.25) is 0 Å². The number of nitrogens with two attached hydrogens (primary N) is 1. The Morgan fingerprint density at radius 3 is 1.77 bits per heavy atom. The molecule has 26 heavy (non-hydrogen) atoms. The van der Waals surface area contributed by atoms with Gasteiger partial charge in [-0.3, -0.25) is 0 Å². The van der Waals surface area contributed by atoms with E-state index in [9.17, 15) is 0 Å². The van der Waals surface area contributed by atoms with Crippen LogP contribution in [0.1, 0.15) is 33.6 Å². The summed E-state index contributed by atoms with van der Waals surface area (Å²) in [6.45, 7) is 7.93. The van der Waals surface area contributed by atoms with Crippen molar-refractivity contribution in [3.05, 3.63) is 60.7 Å². The minimum atomic E-state index is -2.37. The van der Waals surface area contributed by atoms with Crippen LogP contribution in [0.3, 0.4) is 0 Å². The molecule has 2 aromatic carbocycles. The number of benzene rings is 2. The molecule has 4 atom stereocenters. The lowest BCUT2D eigenvalue weighted by molar-refractivity contribution is 0.260. The lowest BCUT2D eigenvalue weighted by Crippen LogP contribution is -2.66. The van der Waals surface area contributed by atoms with Crippen LogP contribution in [0, 0.1) is 17.8 Å². The van der Waals surface area contributed by atoms with Crippen LogP contribution in [0.2, 0.25) is 5.04 Å². The molecule has 0 amide bonds. The van der Waals surface area contributed by atoms with Crippen LogP contribution in [0.4, 0.5) is 0 Å². The average molecular weight is 366 g/mol. The molecule has 2 aliphatic rings. The van der Waals surface area contributed by atoms with Gasteiger partial charge in [-0.1, -0.05) is 81.4 Å². The minimum Gasteiger partial charge on any atom is -0.407 e. The van der Waals surface area contributed by atoms with E-state index in [0.29, 0.717) is 6.04 Å². The van der Waals surface area contributed by atoms with Gasteiger partial charge in [0, 0.05) is 12.6 Å². The fourth-order valence-electron chi connectivity index (χ4n) is 5.25. The maximum absolute atomic E-state index is 7.06. The lowest BCUT2D eigenvalue weighted by atomic mass is 10.1. The molecule has 0 spiro atoms. The Hall–Kier alpha value is -1.42. The van der Waals surface area contributed by atoms with E-state index >= 15 is 0 Å². The van der Waals surface area contributed by atoms with Crippen LogP contribution >= 0.6 is 0 Å². The number of hydrogen-bond acceptors (Lipinski definition) is 2. The second-order valence-electron chi connectivity index (χ2n) is 9.20. The first kappa shape index (κ1) is 18.0. The molecule has 2 nitrogen and oxygen atoms in total. The van der Waals surface area contributed by atoms with Crippen molar-refractivity contribution in [1.82, 2.24) is 0 Å². The molecule has 3 heteroatoms. The monoisotopic (exact) mass is 365 g/mol. The molecule has 2 aromatic rings. The minimum absolute atomic E-state index is 0.0656. The Morgan fingerprint density at radius 1 is 0.885 bits per heavy atom. The predicted molar refractivity (Wildman–Crippen MR) is 111 cm³/mol. The molecule has 2 fully saturated rings. The molecule has 0 bridgehead atoms. The summed E-state index contributed by atoms with van der Waals surface area (Å²) >= 11 is 0. The van der Waals surface area contributed by atoms with Gasteiger partial charge in [0.15, 0.2) is 0 Å². The standard InChI is InChI=1S/C23H31NOSi/c1-23(2,3)26(18-10-6-4-7-11-18,19-12-8-5-9-13-19)25-16-22-20-14-17(24)15-21(20)22/h4-13,17,20-22H,14-16,24H2,1-3H3/t17?,20-,21+,22?. The summed E-state index contributed by atoms with van der Waals surface area (Å²) in [7, 11) is -2.37. The van der Waals surface area contributed by atoms with Crippen LogP contribution in [0.15, 0.2) is 60.7 Å². The number of fused-ring (bicyclic) bond motifs is 1. The third-order valence-corrected chi connectivity index (χ3v) is 11.6. The molecule has 0 aliphatic heterocycles. The molecule has 0 radical (unpaired) electrons. The first-order chi connectivity index (χ1) is 12.4. The molecule has 138 valence electrons. The first-order valence-corrected chi connectivity index (χ1v) is 11.8. The van der Waals surface area contributed by atoms with Gasteiger partial charge in [-0.15, -0.1) is 0 Å². The zero-order valence-corrected chi connectivity index (χ0v) is 17.2. The fraction of sp³-hybridized carbons (Fsp3) is 0.478. The second-order valence-corrected chi connectivity index (χ2v) is 13.5. The first-order valence-electron chi connectivity index (χ1n) is 9.94. The van der Waals surface area contributed by atoms with Gasteiger partial charge < -0.3 is 10.2 Å². The largest absolute Gasteiger partial charge is 0.407 e. The Kier molecular flexibility index (Phi) is 4.58. The third kappa shape index (κ3) is 2.96. The van der Waals surface area contributed by atoms with Crippen molar-refractivity contribution in [2.45, 2.75) is 44.7 Å². The SMILES string of the molecule is CC(C)(C)[Si](OCC1[C@H]2CC(N)C[C@@H]12)(c1ccccc1)c1ccccc1. The summed E-state index contributed by atoms with van der Waals surface area (Å²) in [6, 6.07) is 22.3. The van der Waals surface area contributed by atoms with Crippen molar-refractivity contribution in [3.8, 4) is 0 Å². The Bertz CT molecular complexity index is 688. The zero-order valence-electron chi connectivity index (χ0n) is 16.2. The molecule has 4 rings (SSSR count). The third-order valence-electron chi connectivity index (χ3n) is 6.57. The van der Waals surface area contributed by atoms with E-state index in [1.165, 1.54) is 23.2 Å². The van der Waals surface area contributed by atoms with Crippen molar-refractivity contribution < 1.29 is 4.43 Å². The summed E-state index contributed by atoms with van der Waals surface area (Å²) in [4.78, 5) is 0. The van der Waals surface area contributed by atoms with Crippen molar-refractivity contribution in [3.63, 3.8) is 0 Å². The van der Waals surface area contributed by atoms with E-state index < -0.39 is 8.32 Å². The van der Waals surface area contributed by atoms with Crippen molar-refractivity contribution in [1.29, 1.82) is 0 Å². The highest BCUT2D eigenvalue weighted by molar-refractivity contribution is 6.99. The van der Waals surface area contributed by atoms with Gasteiger partial charge in [0.1, 0.15) is 0 Å². The fourth-order valence-corrected chi connectivity index (χ4v) is 9.85. The van der Waals surface area contributed by atoms with Gasteiger partial charge in [-0.05, 0) is 46.0 Å². The Labute approximate surface area is 158 Å². The van der Waals surface area contributed by atoms with E-state index in [0.717, 1.165) is 24.4 Å². The zero-order chi connectivity index (χ0) is 18.4. The molecule has 2 aliphatic carbocycles. The topological polar surface area (TPSA) is 35.2 Å². The second kappa shape index (κ2) is 6.63. The van der Waals surface area contributed by atoms with Gasteiger partial charge in [0.05, 0.1) is 0 Å². The molecule has 0 saturated heterocycles. The Balaban J connectivity index is 1.69. The van der Waals surface area contributed by atoms with E-state index in [2.05, 4.69) is 81.4 Å². The molecule has 0 heterocycles. The van der Waals surface area contributed by atoms with Crippen LogP contribution in [0.25, 0.3) is 0 Å². The molecule has 0 aromatic heterocycles. The predicted octanol–water partition coefficient (Wildman–Crippen LogP) is 3.55. The maximum atomic E-state index is 7.06. The smallest absolute Gasteiger partial charge is 0.261 e. The van der Waals surface area contributed by atoms with Crippen molar-refractivity contribution >= 4 is 18.7 Å². The highest BCUT2D eigenvalue weighted by Gasteiger charge is 2.57. The Morgan fingerprint density at radius 2 is 1.35 bits per heavy atom. The normalized spacial score (nSPS) is 28.0. The van der Waals surface area contributed by atoms with Crippen LogP contribution in [-0.4, -0.2) is 21.0 Å². The highest BCUT2D eigenvalue weighted by Crippen LogP contribution is 2.57. The summed E-state index contributed by atoms with van der Waals surface area (Å²) in [5, 5.41) is 2.82. The maximum Gasteiger partial charge on any atom is 0.261 e. The van der Waals surface area contributed by atoms with Crippen LogP contribution < -0.4 is 16.1 Å². The van der Waals surface area contributed by atoms with Gasteiger partial charge >= 0.3 is 0 Å². The molecule has 2 saturated carbocycles. The van der Waals surface area contributed by atoms with E-state index in [1.54, 1.807) is 0 Å². The van der Waals surface area contributed by atoms with Crippen molar-refractivity contribution in [2.75, 3.05) is 6.61 Å². The number of hydrogen-bond donors (Lipinski definition) is 1. The molecular formula is C23H31NOSi. The molecule has 2 N–H and O–H groups in total. The van der Waals surface area contributed by atoms with Crippen LogP contribution in [-0.2, 0) is 4.43 Å². The quantitative estimate of drug-likeness (QED) is 0.823.